The maximum absolute atomic E-state index is 12.0. The van der Waals surface area contributed by atoms with Gasteiger partial charge in [0.15, 0.2) is 17.3 Å². The molecule has 0 spiro atoms. The van der Waals surface area contributed by atoms with Crippen molar-refractivity contribution in [2.45, 2.75) is 6.36 Å². The van der Waals surface area contributed by atoms with Gasteiger partial charge in [0.2, 0.25) is 0 Å². The number of nitrogen functional groups attached to an aromatic ring is 1. The van der Waals surface area contributed by atoms with Crippen LogP contribution in [-0.2, 0) is 4.74 Å². The molecule has 0 unspecified atom stereocenters. The van der Waals surface area contributed by atoms with E-state index in [1.54, 1.807) is 0 Å². The van der Waals surface area contributed by atoms with Gasteiger partial charge in [-0.3, -0.25) is 0 Å². The van der Waals surface area contributed by atoms with Gasteiger partial charge in [0.1, 0.15) is 6.07 Å². The first-order valence-corrected chi connectivity index (χ1v) is 4.33. The highest BCUT2D eigenvalue weighted by atomic mass is 19.4. The Kier molecular flexibility index (Phi) is 3.61. The first kappa shape index (κ1) is 13.6. The van der Waals surface area contributed by atoms with Gasteiger partial charge in [-0.15, -0.1) is 13.2 Å². The van der Waals surface area contributed by atoms with Crippen molar-refractivity contribution < 1.29 is 27.4 Å². The lowest BCUT2D eigenvalue weighted by molar-refractivity contribution is -0.274. The molecule has 0 atom stereocenters. The summed E-state index contributed by atoms with van der Waals surface area (Å²) >= 11 is 0. The van der Waals surface area contributed by atoms with E-state index < -0.39 is 35.2 Å². The van der Waals surface area contributed by atoms with Gasteiger partial charge in [-0.25, -0.2) is 9.78 Å². The van der Waals surface area contributed by atoms with Crippen molar-refractivity contribution in [3.8, 4) is 11.8 Å². The van der Waals surface area contributed by atoms with Crippen molar-refractivity contribution in [3.63, 3.8) is 0 Å². The quantitative estimate of drug-likeness (QED) is 0.803. The van der Waals surface area contributed by atoms with Crippen LogP contribution in [-0.4, -0.2) is 24.4 Å². The Balaban J connectivity index is 3.28. The van der Waals surface area contributed by atoms with Gasteiger partial charge < -0.3 is 15.2 Å². The fourth-order valence-corrected chi connectivity index (χ4v) is 1.05. The maximum atomic E-state index is 12.0. The lowest BCUT2D eigenvalue weighted by atomic mass is 10.2. The van der Waals surface area contributed by atoms with Gasteiger partial charge in [0.05, 0.1) is 12.7 Å². The molecule has 9 heteroatoms. The van der Waals surface area contributed by atoms with Crippen LogP contribution in [0.3, 0.4) is 0 Å². The zero-order valence-corrected chi connectivity index (χ0v) is 8.91. The van der Waals surface area contributed by atoms with E-state index >= 15 is 0 Å². The molecule has 0 bridgehead atoms. The Hall–Kier alpha value is -2.50. The number of pyridine rings is 1. The van der Waals surface area contributed by atoms with Crippen molar-refractivity contribution in [1.82, 2.24) is 4.98 Å². The van der Waals surface area contributed by atoms with Gasteiger partial charge in [-0.05, 0) is 0 Å². The third kappa shape index (κ3) is 3.00. The molecule has 18 heavy (non-hydrogen) atoms. The van der Waals surface area contributed by atoms with Crippen LogP contribution >= 0.6 is 0 Å². The second kappa shape index (κ2) is 4.79. The van der Waals surface area contributed by atoms with Crippen LogP contribution in [0.2, 0.25) is 0 Å². The van der Waals surface area contributed by atoms with Crippen molar-refractivity contribution in [2.24, 2.45) is 0 Å². The van der Waals surface area contributed by atoms with E-state index in [1.165, 1.54) is 6.07 Å². The summed E-state index contributed by atoms with van der Waals surface area (Å²) in [6.45, 7) is 0. The van der Waals surface area contributed by atoms with E-state index in [0.29, 0.717) is 6.07 Å². The normalized spacial score (nSPS) is 10.6. The first-order valence-electron chi connectivity index (χ1n) is 4.33. The third-order valence-corrected chi connectivity index (χ3v) is 1.74. The summed E-state index contributed by atoms with van der Waals surface area (Å²) < 4.78 is 43.9. The van der Waals surface area contributed by atoms with Crippen LogP contribution in [0.5, 0.6) is 5.75 Å². The van der Waals surface area contributed by atoms with Gasteiger partial charge in [0.25, 0.3) is 0 Å². The number of esters is 1. The van der Waals surface area contributed by atoms with Crippen LogP contribution in [0.15, 0.2) is 6.07 Å². The van der Waals surface area contributed by atoms with E-state index in [0.717, 1.165) is 7.11 Å². The lowest BCUT2D eigenvalue weighted by Crippen LogP contribution is -2.19. The van der Waals surface area contributed by atoms with E-state index in [2.05, 4.69) is 14.5 Å². The topological polar surface area (TPSA) is 98.2 Å². The number of methoxy groups -OCH3 is 1. The molecule has 1 aromatic rings. The molecule has 1 heterocycles. The number of halogens is 3. The van der Waals surface area contributed by atoms with Crippen molar-refractivity contribution in [1.29, 1.82) is 5.26 Å². The number of alkyl halides is 3. The van der Waals surface area contributed by atoms with Gasteiger partial charge in [-0.1, -0.05) is 0 Å². The number of hydrogen-bond acceptors (Lipinski definition) is 6. The van der Waals surface area contributed by atoms with Crippen LogP contribution in [0.4, 0.5) is 19.0 Å². The van der Waals surface area contributed by atoms with Gasteiger partial charge >= 0.3 is 12.3 Å². The predicted octanol–water partition coefficient (Wildman–Crippen LogP) is 1.22. The summed E-state index contributed by atoms with van der Waals surface area (Å²) in [6, 6.07) is 2.17. The number of nitrogens with two attached hydrogens (primary N) is 1. The fourth-order valence-electron chi connectivity index (χ4n) is 1.05. The smallest absolute Gasteiger partial charge is 0.464 e. The standard InChI is InChI=1S/C9H6F3N3O3/c1-17-8(16)6-4(3-13)2-5(7(14)15-6)18-9(10,11)12/h2H,1H3,(H2,14,15). The molecule has 0 fully saturated rings. The minimum atomic E-state index is -4.98. The summed E-state index contributed by atoms with van der Waals surface area (Å²) in [5.74, 6) is -2.52. The summed E-state index contributed by atoms with van der Waals surface area (Å²) in [6.07, 6.45) is -4.98. The molecule has 1 aromatic heterocycles. The monoisotopic (exact) mass is 261 g/mol. The molecular weight excluding hydrogens is 255 g/mol. The van der Waals surface area contributed by atoms with Crippen LogP contribution < -0.4 is 10.5 Å². The molecule has 1 rings (SSSR count). The second-order valence-corrected chi connectivity index (χ2v) is 2.92. The number of carbonyl (C=O) groups excluding carboxylic acids is 1. The maximum Gasteiger partial charge on any atom is 0.573 e. The number of ether oxygens (including phenoxy) is 2. The number of nitriles is 1. The molecule has 0 radical (unpaired) electrons. The molecule has 0 saturated carbocycles. The molecule has 0 aliphatic carbocycles. The zero-order chi connectivity index (χ0) is 13.9. The Morgan fingerprint density at radius 2 is 2.17 bits per heavy atom. The predicted molar refractivity (Wildman–Crippen MR) is 51.4 cm³/mol. The van der Waals surface area contributed by atoms with Gasteiger partial charge in [0, 0.05) is 6.07 Å². The summed E-state index contributed by atoms with van der Waals surface area (Å²) in [4.78, 5) is 14.5. The van der Waals surface area contributed by atoms with E-state index in [9.17, 15) is 18.0 Å². The molecule has 6 nitrogen and oxygen atoms in total. The number of hydrogen-bond donors (Lipinski definition) is 1. The molecule has 0 aromatic carbocycles. The Morgan fingerprint density at radius 1 is 1.56 bits per heavy atom. The van der Waals surface area contributed by atoms with E-state index in [4.69, 9.17) is 11.0 Å². The lowest BCUT2D eigenvalue weighted by Gasteiger charge is -2.11. The van der Waals surface area contributed by atoms with Crippen molar-refractivity contribution >= 4 is 11.8 Å². The van der Waals surface area contributed by atoms with Crippen molar-refractivity contribution in [3.05, 3.63) is 17.3 Å². The highest BCUT2D eigenvalue weighted by Gasteiger charge is 2.33. The molecule has 0 amide bonds. The molecule has 0 aliphatic heterocycles. The fraction of sp³-hybridized carbons (Fsp3) is 0.222. The third-order valence-electron chi connectivity index (χ3n) is 1.74. The van der Waals surface area contributed by atoms with E-state index in [1.807, 2.05) is 0 Å². The average Bonchev–Trinajstić information content (AvgIpc) is 2.28. The number of nitrogens with zero attached hydrogens (tertiary/aromatic N) is 2. The largest absolute Gasteiger partial charge is 0.573 e. The molecule has 96 valence electrons. The molecule has 2 N–H and O–H groups in total. The van der Waals surface area contributed by atoms with Crippen LogP contribution in [0.25, 0.3) is 0 Å². The minimum absolute atomic E-state index is 0.435. The van der Waals surface area contributed by atoms with Crippen LogP contribution in [0, 0.1) is 11.3 Å². The Labute approximate surface area is 98.7 Å². The SMILES string of the molecule is COC(=O)c1nc(N)c(OC(F)(F)F)cc1C#N. The highest BCUT2D eigenvalue weighted by molar-refractivity contribution is 5.90. The number of carbonyl (C=O) groups is 1. The summed E-state index contributed by atoms with van der Waals surface area (Å²) in [5, 5.41) is 8.70. The van der Waals surface area contributed by atoms with Gasteiger partial charge in [-0.2, -0.15) is 5.26 Å². The van der Waals surface area contributed by atoms with E-state index in [-0.39, 0.29) is 0 Å². The first-order chi connectivity index (χ1) is 8.28. The summed E-state index contributed by atoms with van der Waals surface area (Å²) in [5.41, 5.74) is 4.28. The Bertz CT molecular complexity index is 522. The number of aromatic nitrogens is 1. The highest BCUT2D eigenvalue weighted by Crippen LogP contribution is 2.29. The average molecular weight is 261 g/mol. The zero-order valence-electron chi connectivity index (χ0n) is 8.91. The van der Waals surface area contributed by atoms with Crippen LogP contribution in [0.1, 0.15) is 16.1 Å². The minimum Gasteiger partial charge on any atom is -0.464 e. The second-order valence-electron chi connectivity index (χ2n) is 2.92. The number of anilines is 1. The summed E-state index contributed by atoms with van der Waals surface area (Å²) in [7, 11) is 1.03. The molecule has 0 saturated heterocycles. The van der Waals surface area contributed by atoms with Crippen molar-refractivity contribution in [2.75, 3.05) is 12.8 Å². The Morgan fingerprint density at radius 3 is 2.61 bits per heavy atom. The molecular formula is C9H6F3N3O3. The molecule has 0 aliphatic rings. The number of rotatable bonds is 2.